The van der Waals surface area contributed by atoms with Crippen molar-refractivity contribution in [1.29, 1.82) is 0 Å². The quantitative estimate of drug-likeness (QED) is 0.201. The lowest BCUT2D eigenvalue weighted by atomic mass is 10.00. The number of phenols is 1. The molecule has 3 fully saturated rings. The molecule has 13 nitrogen and oxygen atoms in total. The van der Waals surface area contributed by atoms with Crippen molar-refractivity contribution in [2.75, 3.05) is 75.4 Å². The summed E-state index contributed by atoms with van der Waals surface area (Å²) in [5, 5.41) is 13.4. The van der Waals surface area contributed by atoms with Gasteiger partial charge < -0.3 is 39.5 Å². The second-order valence-corrected chi connectivity index (χ2v) is 15.3. The predicted octanol–water partition coefficient (Wildman–Crippen LogP) is 4.55. The van der Waals surface area contributed by atoms with Gasteiger partial charge in [0, 0.05) is 76.5 Å². The van der Waals surface area contributed by atoms with Crippen molar-refractivity contribution < 1.29 is 33.8 Å². The van der Waals surface area contributed by atoms with E-state index >= 15 is 0 Å². The Balaban J connectivity index is 1.03. The highest BCUT2D eigenvalue weighted by Crippen LogP contribution is 2.27. The zero-order valence-corrected chi connectivity index (χ0v) is 33.1. The Bertz CT molecular complexity index is 1600. The van der Waals surface area contributed by atoms with Gasteiger partial charge in [0.2, 0.25) is 0 Å². The van der Waals surface area contributed by atoms with Crippen molar-refractivity contribution in [2.24, 2.45) is 0 Å². The summed E-state index contributed by atoms with van der Waals surface area (Å²) in [4.78, 5) is 62.9. The highest BCUT2D eigenvalue weighted by atomic mass is 127. The van der Waals surface area contributed by atoms with Crippen LogP contribution in [0.5, 0.6) is 5.75 Å². The maximum atomic E-state index is 14.1. The van der Waals surface area contributed by atoms with E-state index in [0.717, 1.165) is 62.3 Å². The number of ether oxygens (including phenoxy) is 2. The molecule has 4 heterocycles. The van der Waals surface area contributed by atoms with Crippen LogP contribution in [0.15, 0.2) is 36.4 Å². The van der Waals surface area contributed by atoms with E-state index in [4.69, 9.17) is 9.47 Å². The van der Waals surface area contributed by atoms with E-state index in [2.05, 4.69) is 15.1 Å². The van der Waals surface area contributed by atoms with Crippen LogP contribution in [0.2, 0.25) is 0 Å². The molecule has 0 unspecified atom stereocenters. The first kappa shape index (κ1) is 39.1. The molecule has 0 radical (unpaired) electrons. The van der Waals surface area contributed by atoms with Crippen molar-refractivity contribution in [3.63, 3.8) is 0 Å². The summed E-state index contributed by atoms with van der Waals surface area (Å²) in [7, 11) is 0. The number of hydrogen-bond donors (Lipinski definition) is 2. The van der Waals surface area contributed by atoms with Crippen LogP contribution in [0.1, 0.15) is 54.4 Å². The van der Waals surface area contributed by atoms with Gasteiger partial charge in [-0.15, -0.1) is 0 Å². The molecule has 14 heteroatoms. The molecule has 0 bridgehead atoms. The standard InChI is InChI=1S/C39H53IN6O7/c1-27-23-29(24-28(2)36(27)48)25-34(37(49)44-21-19-43(20-22-44)31-8-13-42(14-9-31)15-12-35(47)52-26-40)53-39(51)45-16-10-32(11-17-45)46-18-7-30-5-3-4-6-33(30)41-38(46)50/h3-6,23-24,31-32,34,48H,7-22,25-26H2,1-2H3,(H,41,50)/t34-/m1/s1. The molecule has 1 atom stereocenters. The van der Waals surface area contributed by atoms with Crippen LogP contribution in [0.4, 0.5) is 15.3 Å². The number of aryl methyl sites for hydroxylation is 2. The van der Waals surface area contributed by atoms with Crippen LogP contribution in [0, 0.1) is 13.8 Å². The summed E-state index contributed by atoms with van der Waals surface area (Å²) in [6, 6.07) is 11.9. The molecule has 288 valence electrons. The fourth-order valence-corrected chi connectivity index (χ4v) is 8.60. The van der Waals surface area contributed by atoms with E-state index in [1.807, 2.05) is 82.6 Å². The Morgan fingerprint density at radius 2 is 1.55 bits per heavy atom. The van der Waals surface area contributed by atoms with Crippen LogP contribution >= 0.6 is 22.6 Å². The Labute approximate surface area is 326 Å². The Hall–Kier alpha value is -3.63. The molecule has 2 aromatic carbocycles. The molecule has 4 aliphatic heterocycles. The van der Waals surface area contributed by atoms with Gasteiger partial charge in [0.1, 0.15) is 10.4 Å². The first-order valence-electron chi connectivity index (χ1n) is 19.0. The maximum Gasteiger partial charge on any atom is 0.410 e. The third kappa shape index (κ3) is 9.92. The first-order chi connectivity index (χ1) is 25.6. The van der Waals surface area contributed by atoms with Gasteiger partial charge >= 0.3 is 18.1 Å². The van der Waals surface area contributed by atoms with Crippen LogP contribution in [-0.4, -0.2) is 142 Å². The smallest absolute Gasteiger partial charge is 0.410 e. The zero-order chi connectivity index (χ0) is 37.5. The maximum absolute atomic E-state index is 14.1. The van der Waals surface area contributed by atoms with Crippen molar-refractivity contribution in [1.82, 2.24) is 24.5 Å². The number of benzene rings is 2. The van der Waals surface area contributed by atoms with Gasteiger partial charge in [0.25, 0.3) is 5.91 Å². The minimum atomic E-state index is -1.01. The van der Waals surface area contributed by atoms with Gasteiger partial charge in [-0.05, 0) is 110 Å². The molecule has 4 amide bonds. The van der Waals surface area contributed by atoms with Crippen LogP contribution < -0.4 is 5.32 Å². The number of fused-ring (bicyclic) bond motifs is 1. The Morgan fingerprint density at radius 1 is 0.887 bits per heavy atom. The van der Waals surface area contributed by atoms with Gasteiger partial charge in [-0.25, -0.2) is 9.59 Å². The monoisotopic (exact) mass is 844 g/mol. The number of phenolic OH excluding ortho intramolecular Hbond substituents is 1. The molecule has 6 rings (SSSR count). The zero-order valence-electron chi connectivity index (χ0n) is 30.9. The van der Waals surface area contributed by atoms with Crippen LogP contribution in [0.3, 0.4) is 0 Å². The van der Waals surface area contributed by atoms with E-state index in [0.29, 0.717) is 80.3 Å². The molecule has 0 spiro atoms. The molecule has 3 saturated heterocycles. The third-order valence-electron chi connectivity index (χ3n) is 11.3. The summed E-state index contributed by atoms with van der Waals surface area (Å²) in [5.41, 5.74) is 4.21. The number of amides is 4. The van der Waals surface area contributed by atoms with Crippen molar-refractivity contribution >= 4 is 52.3 Å². The second kappa shape index (κ2) is 18.1. The van der Waals surface area contributed by atoms with Gasteiger partial charge in [-0.3, -0.25) is 14.5 Å². The number of carbonyl (C=O) groups excluding carboxylic acids is 4. The number of esters is 1. The Morgan fingerprint density at radius 3 is 2.23 bits per heavy atom. The summed E-state index contributed by atoms with van der Waals surface area (Å²) in [5.74, 6) is -0.137. The van der Waals surface area contributed by atoms with E-state index in [1.165, 1.54) is 0 Å². The number of alkyl halides is 1. The number of piperazine rings is 1. The van der Waals surface area contributed by atoms with Gasteiger partial charge in [-0.1, -0.05) is 30.3 Å². The van der Waals surface area contributed by atoms with Gasteiger partial charge in [-0.2, -0.15) is 0 Å². The van der Waals surface area contributed by atoms with E-state index in [1.54, 1.807) is 4.90 Å². The van der Waals surface area contributed by atoms with Crippen molar-refractivity contribution in [3.05, 3.63) is 58.7 Å². The molecular weight excluding hydrogens is 791 g/mol. The van der Waals surface area contributed by atoms with Crippen molar-refractivity contribution in [3.8, 4) is 5.75 Å². The number of likely N-dealkylation sites (tertiary alicyclic amines) is 2. The number of nitrogens with zero attached hydrogens (tertiary/aromatic N) is 5. The van der Waals surface area contributed by atoms with Crippen LogP contribution in [-0.2, 0) is 31.9 Å². The van der Waals surface area contributed by atoms with Gasteiger partial charge in [0.15, 0.2) is 6.10 Å². The fraction of sp³-hybridized carbons (Fsp3) is 0.590. The number of anilines is 1. The highest BCUT2D eigenvalue weighted by molar-refractivity contribution is 14.1. The van der Waals surface area contributed by atoms with Gasteiger partial charge in [0.05, 0.1) is 6.42 Å². The molecule has 0 aliphatic carbocycles. The minimum absolute atomic E-state index is 0.00148. The third-order valence-corrected chi connectivity index (χ3v) is 11.7. The molecule has 53 heavy (non-hydrogen) atoms. The largest absolute Gasteiger partial charge is 0.507 e. The molecule has 0 aromatic heterocycles. The number of hydrogen-bond acceptors (Lipinski definition) is 9. The fourth-order valence-electron chi connectivity index (χ4n) is 8.25. The summed E-state index contributed by atoms with van der Waals surface area (Å²) < 4.78 is 11.5. The summed E-state index contributed by atoms with van der Waals surface area (Å²) in [6.45, 7) is 10.3. The lowest BCUT2D eigenvalue weighted by Crippen LogP contribution is -2.56. The SMILES string of the molecule is Cc1cc(C[C@@H](OC(=O)N2CCC(N3CCc4ccccc4NC3=O)CC2)C(=O)N2CCN(C3CCN(CCC(=O)OCI)CC3)CC2)cc(C)c1O. The number of piperidine rings is 2. The molecule has 4 aliphatic rings. The lowest BCUT2D eigenvalue weighted by molar-refractivity contribution is -0.143. The molecule has 2 N–H and O–H groups in total. The topological polar surface area (TPSA) is 135 Å². The number of carbonyl (C=O) groups is 4. The normalized spacial score (nSPS) is 20.0. The average Bonchev–Trinajstić information content (AvgIpc) is 3.34. The van der Waals surface area contributed by atoms with E-state index in [9.17, 15) is 24.3 Å². The van der Waals surface area contributed by atoms with Crippen molar-refractivity contribution in [2.45, 2.75) is 77.0 Å². The molecule has 0 saturated carbocycles. The van der Waals surface area contributed by atoms with E-state index in [-0.39, 0.29) is 36.1 Å². The summed E-state index contributed by atoms with van der Waals surface area (Å²) >= 11 is 2.03. The number of halogens is 1. The molecule has 2 aromatic rings. The average molecular weight is 845 g/mol. The van der Waals surface area contributed by atoms with E-state index < -0.39 is 12.2 Å². The minimum Gasteiger partial charge on any atom is -0.507 e. The summed E-state index contributed by atoms with van der Waals surface area (Å²) in [6.07, 6.45) is 3.14. The second-order valence-electron chi connectivity index (χ2n) is 14.7. The number of para-hydroxylation sites is 1. The number of aromatic hydroxyl groups is 1. The Kier molecular flexibility index (Phi) is 13.4. The molecular formula is C39H53IN6O7. The number of urea groups is 1. The van der Waals surface area contributed by atoms with Crippen LogP contribution in [0.25, 0.3) is 0 Å². The lowest BCUT2D eigenvalue weighted by Gasteiger charge is -2.43. The highest BCUT2D eigenvalue weighted by Gasteiger charge is 2.36. The number of rotatable bonds is 10. The first-order valence-corrected chi connectivity index (χ1v) is 20.5. The number of nitrogens with one attached hydrogen (secondary N) is 1. The predicted molar refractivity (Wildman–Crippen MR) is 209 cm³/mol.